The van der Waals surface area contributed by atoms with Crippen LogP contribution in [0.5, 0.6) is 5.75 Å². The van der Waals surface area contributed by atoms with Crippen molar-refractivity contribution in [3.05, 3.63) is 57.0 Å². The third-order valence-corrected chi connectivity index (χ3v) is 6.30. The van der Waals surface area contributed by atoms with Gasteiger partial charge in [0.15, 0.2) is 6.61 Å². The Hall–Kier alpha value is -1.99. The highest BCUT2D eigenvalue weighted by molar-refractivity contribution is 6.43. The van der Waals surface area contributed by atoms with Gasteiger partial charge in [-0.3, -0.25) is 9.59 Å². The zero-order valence-corrected chi connectivity index (χ0v) is 19.1. The highest BCUT2D eigenvalue weighted by Crippen LogP contribution is 2.33. The fourth-order valence-corrected chi connectivity index (χ4v) is 4.03. The first kappa shape index (κ1) is 23.7. The Morgan fingerprint density at radius 1 is 1.03 bits per heavy atom. The molecule has 3 rings (SSSR count). The quantitative estimate of drug-likeness (QED) is 0.544. The maximum absolute atomic E-state index is 12.2. The Balaban J connectivity index is 1.42. The SMILES string of the molecule is NC(=O)C1CCN(CCc2ccc(NC(=O)COc3cc(Cl)c(Cl)cc3Cl)cc2)CC1. The summed E-state index contributed by atoms with van der Waals surface area (Å²) >= 11 is 17.9. The summed E-state index contributed by atoms with van der Waals surface area (Å²) in [6, 6.07) is 10.6. The highest BCUT2D eigenvalue weighted by Gasteiger charge is 2.22. The van der Waals surface area contributed by atoms with Gasteiger partial charge in [0.2, 0.25) is 5.91 Å². The van der Waals surface area contributed by atoms with Crippen LogP contribution in [0.1, 0.15) is 18.4 Å². The molecule has 1 aliphatic heterocycles. The molecule has 2 aromatic rings. The smallest absolute Gasteiger partial charge is 0.262 e. The van der Waals surface area contributed by atoms with E-state index in [4.69, 9.17) is 45.3 Å². The summed E-state index contributed by atoms with van der Waals surface area (Å²) in [6.45, 7) is 2.51. The third-order valence-electron chi connectivity index (χ3n) is 5.28. The van der Waals surface area contributed by atoms with E-state index in [1.165, 1.54) is 17.7 Å². The first-order chi connectivity index (χ1) is 14.8. The van der Waals surface area contributed by atoms with E-state index in [0.29, 0.717) is 21.5 Å². The molecule has 1 heterocycles. The topological polar surface area (TPSA) is 84.7 Å². The maximum atomic E-state index is 12.2. The molecule has 1 saturated heterocycles. The van der Waals surface area contributed by atoms with Gasteiger partial charge in [-0.1, -0.05) is 46.9 Å². The van der Waals surface area contributed by atoms with Crippen molar-refractivity contribution in [2.24, 2.45) is 11.7 Å². The Morgan fingerprint density at radius 2 is 1.68 bits per heavy atom. The number of piperidine rings is 1. The molecule has 2 aromatic carbocycles. The number of nitrogens with zero attached hydrogens (tertiary/aromatic N) is 1. The van der Waals surface area contributed by atoms with Crippen molar-refractivity contribution < 1.29 is 14.3 Å². The molecule has 0 spiro atoms. The number of amides is 2. The average Bonchev–Trinajstić information content (AvgIpc) is 2.75. The predicted octanol–water partition coefficient (Wildman–Crippen LogP) is 4.40. The summed E-state index contributed by atoms with van der Waals surface area (Å²) in [6.07, 6.45) is 2.56. The molecule has 2 amide bonds. The van der Waals surface area contributed by atoms with Gasteiger partial charge in [0.05, 0.1) is 15.1 Å². The number of primary amides is 1. The molecule has 0 aliphatic carbocycles. The molecule has 0 atom stereocenters. The second kappa shape index (κ2) is 11.0. The number of hydrogen-bond donors (Lipinski definition) is 2. The van der Waals surface area contributed by atoms with Crippen molar-refractivity contribution in [3.8, 4) is 5.75 Å². The fraction of sp³-hybridized carbons (Fsp3) is 0.364. The van der Waals surface area contributed by atoms with E-state index in [2.05, 4.69) is 10.2 Å². The number of benzene rings is 2. The van der Waals surface area contributed by atoms with E-state index >= 15 is 0 Å². The standard InChI is InChI=1S/C22H24Cl3N3O3/c23-17-11-19(25)20(12-18(17)24)31-13-21(29)27-16-3-1-14(2-4-16)5-8-28-9-6-15(7-10-28)22(26)30/h1-4,11-12,15H,5-10,13H2,(H2,26,30)(H,27,29). The van der Waals surface area contributed by atoms with Gasteiger partial charge in [0.1, 0.15) is 5.75 Å². The molecule has 166 valence electrons. The second-order valence-electron chi connectivity index (χ2n) is 7.50. The minimum absolute atomic E-state index is 0.0100. The van der Waals surface area contributed by atoms with Gasteiger partial charge in [-0.15, -0.1) is 0 Å². The van der Waals surface area contributed by atoms with Crippen LogP contribution in [-0.4, -0.2) is 43.0 Å². The van der Waals surface area contributed by atoms with E-state index in [-0.39, 0.29) is 29.4 Å². The number of carbonyl (C=O) groups excluding carboxylic acids is 2. The molecule has 0 radical (unpaired) electrons. The molecule has 0 saturated carbocycles. The number of hydrogen-bond acceptors (Lipinski definition) is 4. The molecule has 1 aliphatic rings. The number of nitrogens with two attached hydrogens (primary N) is 1. The van der Waals surface area contributed by atoms with Crippen molar-refractivity contribution in [3.63, 3.8) is 0 Å². The van der Waals surface area contributed by atoms with Crippen LogP contribution >= 0.6 is 34.8 Å². The Morgan fingerprint density at radius 3 is 2.32 bits per heavy atom. The van der Waals surface area contributed by atoms with E-state index in [1.54, 1.807) is 0 Å². The third kappa shape index (κ3) is 7.01. The molecule has 3 N–H and O–H groups in total. The summed E-state index contributed by atoms with van der Waals surface area (Å²) in [5.41, 5.74) is 7.24. The van der Waals surface area contributed by atoms with Crippen LogP contribution in [0.2, 0.25) is 15.1 Å². The number of halogens is 3. The molecular formula is C22H24Cl3N3O3. The summed E-state index contributed by atoms with van der Waals surface area (Å²) in [4.78, 5) is 25.8. The van der Waals surface area contributed by atoms with E-state index in [1.807, 2.05) is 24.3 Å². The summed E-state index contributed by atoms with van der Waals surface area (Å²) in [7, 11) is 0. The van der Waals surface area contributed by atoms with Crippen LogP contribution < -0.4 is 15.8 Å². The lowest BCUT2D eigenvalue weighted by molar-refractivity contribution is -0.123. The number of anilines is 1. The summed E-state index contributed by atoms with van der Waals surface area (Å²) < 4.78 is 5.44. The van der Waals surface area contributed by atoms with Crippen molar-refractivity contribution in [1.82, 2.24) is 4.90 Å². The molecule has 9 heteroatoms. The second-order valence-corrected chi connectivity index (χ2v) is 8.72. The molecule has 0 bridgehead atoms. The van der Waals surface area contributed by atoms with Crippen LogP contribution in [0.25, 0.3) is 0 Å². The number of likely N-dealkylation sites (tertiary alicyclic amines) is 1. The Kier molecular flexibility index (Phi) is 8.43. The summed E-state index contributed by atoms with van der Waals surface area (Å²) in [5, 5.41) is 3.69. The zero-order valence-electron chi connectivity index (χ0n) is 16.9. The molecule has 1 fully saturated rings. The first-order valence-corrected chi connectivity index (χ1v) is 11.1. The number of ether oxygens (including phenoxy) is 1. The lowest BCUT2D eigenvalue weighted by Gasteiger charge is -2.30. The number of carbonyl (C=O) groups is 2. The highest BCUT2D eigenvalue weighted by atomic mass is 35.5. The van der Waals surface area contributed by atoms with Crippen molar-refractivity contribution in [2.45, 2.75) is 19.3 Å². The normalized spacial score (nSPS) is 14.9. The molecule has 6 nitrogen and oxygen atoms in total. The maximum Gasteiger partial charge on any atom is 0.262 e. The van der Waals surface area contributed by atoms with Crippen LogP contribution in [0.15, 0.2) is 36.4 Å². The largest absolute Gasteiger partial charge is 0.482 e. The van der Waals surface area contributed by atoms with Gasteiger partial charge < -0.3 is 20.7 Å². The number of rotatable bonds is 8. The molecule has 31 heavy (non-hydrogen) atoms. The monoisotopic (exact) mass is 483 g/mol. The van der Waals surface area contributed by atoms with Gasteiger partial charge in [0.25, 0.3) is 5.91 Å². The zero-order chi connectivity index (χ0) is 22.4. The van der Waals surface area contributed by atoms with Crippen LogP contribution in [-0.2, 0) is 16.0 Å². The van der Waals surface area contributed by atoms with E-state index < -0.39 is 0 Å². The van der Waals surface area contributed by atoms with Crippen molar-refractivity contribution in [1.29, 1.82) is 0 Å². The average molecular weight is 485 g/mol. The Bertz CT molecular complexity index is 930. The molecule has 0 unspecified atom stereocenters. The summed E-state index contributed by atoms with van der Waals surface area (Å²) in [5.74, 6) is -0.202. The fourth-order valence-electron chi connectivity index (χ4n) is 3.44. The lowest BCUT2D eigenvalue weighted by atomic mass is 9.96. The van der Waals surface area contributed by atoms with Crippen molar-refractivity contribution >= 4 is 52.3 Å². The van der Waals surface area contributed by atoms with E-state index in [9.17, 15) is 9.59 Å². The Labute approximate surface area is 196 Å². The van der Waals surface area contributed by atoms with Gasteiger partial charge >= 0.3 is 0 Å². The van der Waals surface area contributed by atoms with Crippen LogP contribution in [0.3, 0.4) is 0 Å². The van der Waals surface area contributed by atoms with Crippen molar-refractivity contribution in [2.75, 3.05) is 31.6 Å². The van der Waals surface area contributed by atoms with E-state index in [0.717, 1.165) is 38.9 Å². The van der Waals surface area contributed by atoms with Gasteiger partial charge in [0, 0.05) is 24.2 Å². The number of nitrogens with one attached hydrogen (secondary N) is 1. The van der Waals surface area contributed by atoms with Gasteiger partial charge in [-0.2, -0.15) is 0 Å². The minimum Gasteiger partial charge on any atom is -0.482 e. The van der Waals surface area contributed by atoms with Gasteiger partial charge in [-0.05, 0) is 56.1 Å². The minimum atomic E-state index is -0.313. The van der Waals surface area contributed by atoms with Gasteiger partial charge in [-0.25, -0.2) is 0 Å². The predicted molar refractivity (Wildman–Crippen MR) is 124 cm³/mol. The van der Waals surface area contributed by atoms with Crippen LogP contribution in [0.4, 0.5) is 5.69 Å². The molecular weight excluding hydrogens is 461 g/mol. The first-order valence-electron chi connectivity index (χ1n) is 9.99. The molecule has 0 aromatic heterocycles. The van der Waals surface area contributed by atoms with Crippen LogP contribution in [0, 0.1) is 5.92 Å². The lowest BCUT2D eigenvalue weighted by Crippen LogP contribution is -2.39.